The maximum atomic E-state index is 5.23. The number of likely N-dealkylation sites (tertiary alicyclic amines) is 1. The number of hydrogen-bond donors (Lipinski definition) is 0. The number of aromatic nitrogens is 1. The lowest BCUT2D eigenvalue weighted by Crippen LogP contribution is -2.35. The SMILES string of the molecule is Brc1cc(CCN2CCC(Cc3ccccc3)CC2)on1.Cl. The van der Waals surface area contributed by atoms with Crippen LogP contribution in [0.15, 0.2) is 45.5 Å². The third-order valence-corrected chi connectivity index (χ3v) is 4.65. The number of piperidine rings is 1. The van der Waals surface area contributed by atoms with Crippen molar-refractivity contribution in [3.05, 3.63) is 52.3 Å². The van der Waals surface area contributed by atoms with E-state index in [1.54, 1.807) is 0 Å². The molecule has 2 aromatic rings. The van der Waals surface area contributed by atoms with Crippen molar-refractivity contribution in [1.82, 2.24) is 10.1 Å². The van der Waals surface area contributed by atoms with Gasteiger partial charge < -0.3 is 9.42 Å². The van der Waals surface area contributed by atoms with E-state index in [9.17, 15) is 0 Å². The zero-order chi connectivity index (χ0) is 14.5. The first-order chi connectivity index (χ1) is 10.3. The minimum Gasteiger partial charge on any atom is -0.360 e. The highest BCUT2D eigenvalue weighted by molar-refractivity contribution is 9.10. The number of rotatable bonds is 5. The molecule has 0 atom stereocenters. The van der Waals surface area contributed by atoms with Crippen LogP contribution in [0.3, 0.4) is 0 Å². The van der Waals surface area contributed by atoms with Gasteiger partial charge in [0, 0.05) is 19.0 Å². The van der Waals surface area contributed by atoms with Crippen LogP contribution in [0, 0.1) is 5.92 Å². The minimum absolute atomic E-state index is 0. The van der Waals surface area contributed by atoms with Gasteiger partial charge in [-0.2, -0.15) is 0 Å². The van der Waals surface area contributed by atoms with Crippen molar-refractivity contribution < 1.29 is 4.52 Å². The Morgan fingerprint density at radius 2 is 1.91 bits per heavy atom. The zero-order valence-corrected chi connectivity index (χ0v) is 15.0. The molecule has 0 radical (unpaired) electrons. The van der Waals surface area contributed by atoms with Gasteiger partial charge in [-0.05, 0) is 59.8 Å². The van der Waals surface area contributed by atoms with E-state index in [4.69, 9.17) is 4.52 Å². The van der Waals surface area contributed by atoms with Gasteiger partial charge in [-0.1, -0.05) is 35.5 Å². The molecule has 0 amide bonds. The Kier molecular flexibility index (Phi) is 6.93. The fraction of sp³-hybridized carbons (Fsp3) is 0.471. The normalized spacial score (nSPS) is 16.4. The first-order valence-corrected chi connectivity index (χ1v) is 8.46. The molecule has 1 saturated heterocycles. The van der Waals surface area contributed by atoms with Gasteiger partial charge in [-0.25, -0.2) is 0 Å². The Morgan fingerprint density at radius 1 is 1.18 bits per heavy atom. The topological polar surface area (TPSA) is 29.3 Å². The summed E-state index contributed by atoms with van der Waals surface area (Å²) >= 11 is 3.32. The summed E-state index contributed by atoms with van der Waals surface area (Å²) in [5.41, 5.74) is 1.47. The highest BCUT2D eigenvalue weighted by atomic mass is 79.9. The predicted octanol–water partition coefficient (Wildman–Crippen LogP) is 4.36. The van der Waals surface area contributed by atoms with E-state index in [2.05, 4.69) is 56.3 Å². The van der Waals surface area contributed by atoms with E-state index in [1.165, 1.54) is 37.9 Å². The second-order valence-corrected chi connectivity index (χ2v) is 6.65. The molecule has 0 spiro atoms. The van der Waals surface area contributed by atoms with Crippen molar-refractivity contribution in [3.63, 3.8) is 0 Å². The standard InChI is InChI=1S/C17H21BrN2O.ClH/c18-17-13-16(21-19-17)8-11-20-9-6-15(7-10-20)12-14-4-2-1-3-5-14;/h1-5,13,15H,6-12H2;1H. The monoisotopic (exact) mass is 384 g/mol. The van der Waals surface area contributed by atoms with E-state index < -0.39 is 0 Å². The Balaban J connectivity index is 0.00000176. The lowest BCUT2D eigenvalue weighted by Gasteiger charge is -2.31. The maximum absolute atomic E-state index is 5.23. The van der Waals surface area contributed by atoms with Crippen molar-refractivity contribution in [2.75, 3.05) is 19.6 Å². The van der Waals surface area contributed by atoms with E-state index in [0.29, 0.717) is 0 Å². The molecule has 2 heterocycles. The van der Waals surface area contributed by atoms with Gasteiger partial charge in [0.05, 0.1) is 0 Å². The van der Waals surface area contributed by atoms with Gasteiger partial charge >= 0.3 is 0 Å². The molecular weight excluding hydrogens is 364 g/mol. The van der Waals surface area contributed by atoms with Crippen molar-refractivity contribution in [2.24, 2.45) is 5.92 Å². The quantitative estimate of drug-likeness (QED) is 0.766. The van der Waals surface area contributed by atoms with Crippen LogP contribution >= 0.6 is 28.3 Å². The third kappa shape index (κ3) is 5.11. The summed E-state index contributed by atoms with van der Waals surface area (Å²) in [7, 11) is 0. The molecule has 1 aromatic heterocycles. The average Bonchev–Trinajstić information content (AvgIpc) is 2.93. The molecule has 5 heteroatoms. The Hall–Kier alpha value is -0.840. The molecule has 0 unspecified atom stereocenters. The first-order valence-electron chi connectivity index (χ1n) is 7.67. The van der Waals surface area contributed by atoms with Gasteiger partial charge in [-0.3, -0.25) is 0 Å². The summed E-state index contributed by atoms with van der Waals surface area (Å²) in [6, 6.07) is 12.8. The van der Waals surface area contributed by atoms with Crippen molar-refractivity contribution >= 4 is 28.3 Å². The van der Waals surface area contributed by atoms with Gasteiger partial charge in [0.1, 0.15) is 10.4 Å². The molecule has 0 aliphatic carbocycles. The second-order valence-electron chi connectivity index (χ2n) is 5.84. The molecule has 1 aliphatic rings. The van der Waals surface area contributed by atoms with Crippen LogP contribution in [0.25, 0.3) is 0 Å². The number of nitrogens with zero attached hydrogens (tertiary/aromatic N) is 2. The summed E-state index contributed by atoms with van der Waals surface area (Å²) in [4.78, 5) is 2.54. The smallest absolute Gasteiger partial charge is 0.149 e. The fourth-order valence-electron chi connectivity index (χ4n) is 3.04. The molecule has 3 rings (SSSR count). The van der Waals surface area contributed by atoms with Crippen LogP contribution in [0.2, 0.25) is 0 Å². The van der Waals surface area contributed by atoms with Crippen LogP contribution in [0.5, 0.6) is 0 Å². The molecule has 1 aliphatic heterocycles. The number of benzene rings is 1. The summed E-state index contributed by atoms with van der Waals surface area (Å²) in [5.74, 6) is 1.80. The highest BCUT2D eigenvalue weighted by Crippen LogP contribution is 2.22. The lowest BCUT2D eigenvalue weighted by atomic mass is 9.90. The molecule has 3 nitrogen and oxygen atoms in total. The highest BCUT2D eigenvalue weighted by Gasteiger charge is 2.19. The minimum atomic E-state index is 0. The van der Waals surface area contributed by atoms with Crippen LogP contribution in [-0.2, 0) is 12.8 Å². The first kappa shape index (κ1) is 17.5. The van der Waals surface area contributed by atoms with E-state index in [0.717, 1.165) is 29.2 Å². The van der Waals surface area contributed by atoms with Gasteiger partial charge in [-0.15, -0.1) is 12.4 Å². The van der Waals surface area contributed by atoms with E-state index >= 15 is 0 Å². The van der Waals surface area contributed by atoms with Crippen molar-refractivity contribution in [2.45, 2.75) is 25.7 Å². The van der Waals surface area contributed by atoms with Crippen molar-refractivity contribution in [1.29, 1.82) is 0 Å². The van der Waals surface area contributed by atoms with E-state index in [1.807, 2.05) is 6.07 Å². The lowest BCUT2D eigenvalue weighted by molar-refractivity contribution is 0.182. The summed E-state index contributed by atoms with van der Waals surface area (Å²) in [6.07, 6.45) is 4.77. The fourth-order valence-corrected chi connectivity index (χ4v) is 3.36. The largest absolute Gasteiger partial charge is 0.360 e. The molecule has 120 valence electrons. The summed E-state index contributed by atoms with van der Waals surface area (Å²) < 4.78 is 6.02. The number of hydrogen-bond acceptors (Lipinski definition) is 3. The van der Waals surface area contributed by atoms with Crippen LogP contribution < -0.4 is 0 Å². The third-order valence-electron chi connectivity index (χ3n) is 4.28. The summed E-state index contributed by atoms with van der Waals surface area (Å²) in [5, 5.41) is 3.86. The van der Waals surface area contributed by atoms with Gasteiger partial charge in [0.2, 0.25) is 0 Å². The molecule has 0 bridgehead atoms. The second kappa shape index (κ2) is 8.70. The van der Waals surface area contributed by atoms with E-state index in [-0.39, 0.29) is 12.4 Å². The number of halogens is 2. The van der Waals surface area contributed by atoms with Crippen LogP contribution in [-0.4, -0.2) is 29.7 Å². The Labute approximate surface area is 146 Å². The molecule has 1 aromatic carbocycles. The maximum Gasteiger partial charge on any atom is 0.149 e. The molecular formula is C17H22BrClN2O. The van der Waals surface area contributed by atoms with Gasteiger partial charge in [0.25, 0.3) is 0 Å². The average molecular weight is 386 g/mol. The molecule has 1 fully saturated rings. The zero-order valence-electron chi connectivity index (χ0n) is 12.6. The summed E-state index contributed by atoms with van der Waals surface area (Å²) in [6.45, 7) is 3.47. The van der Waals surface area contributed by atoms with Crippen molar-refractivity contribution in [3.8, 4) is 0 Å². The van der Waals surface area contributed by atoms with Crippen LogP contribution in [0.1, 0.15) is 24.2 Å². The predicted molar refractivity (Wildman–Crippen MR) is 94.5 cm³/mol. The Morgan fingerprint density at radius 3 is 2.55 bits per heavy atom. The Bertz CT molecular complexity index is 553. The van der Waals surface area contributed by atoms with Gasteiger partial charge in [0.15, 0.2) is 0 Å². The van der Waals surface area contributed by atoms with Crippen LogP contribution in [0.4, 0.5) is 0 Å². The molecule has 0 saturated carbocycles. The molecule has 0 N–H and O–H groups in total. The molecule has 22 heavy (non-hydrogen) atoms.